The number of hydrogen-bond acceptors (Lipinski definition) is 5. The van der Waals surface area contributed by atoms with Crippen LogP contribution in [0.1, 0.15) is 66.7 Å². The van der Waals surface area contributed by atoms with Gasteiger partial charge in [0.1, 0.15) is 6.04 Å². The molecule has 0 bridgehead atoms. The highest BCUT2D eigenvalue weighted by molar-refractivity contribution is 5.96. The van der Waals surface area contributed by atoms with Gasteiger partial charge in [-0.15, -0.1) is 0 Å². The lowest BCUT2D eigenvalue weighted by Gasteiger charge is -2.34. The van der Waals surface area contributed by atoms with E-state index in [2.05, 4.69) is 12.2 Å². The largest absolute Gasteiger partial charge is 0.466 e. The van der Waals surface area contributed by atoms with Crippen molar-refractivity contribution in [2.24, 2.45) is 23.7 Å². The van der Waals surface area contributed by atoms with Crippen LogP contribution in [0.4, 0.5) is 0 Å². The summed E-state index contributed by atoms with van der Waals surface area (Å²) in [6, 6.07) is -0.637. The summed E-state index contributed by atoms with van der Waals surface area (Å²) in [4.78, 5) is 41.5. The molecule has 0 aromatic carbocycles. The maximum absolute atomic E-state index is 13.6. The van der Waals surface area contributed by atoms with Crippen molar-refractivity contribution in [2.75, 3.05) is 19.8 Å². The van der Waals surface area contributed by atoms with Crippen LogP contribution in [0.15, 0.2) is 12.2 Å². The average Bonchev–Trinajstić information content (AvgIpc) is 2.96. The highest BCUT2D eigenvalue weighted by atomic mass is 16.5. The van der Waals surface area contributed by atoms with Crippen LogP contribution in [0.3, 0.4) is 0 Å². The molecule has 7 nitrogen and oxygen atoms in total. The fourth-order valence-corrected chi connectivity index (χ4v) is 4.92. The minimum absolute atomic E-state index is 0.0603. The summed E-state index contributed by atoms with van der Waals surface area (Å²) in [5.41, 5.74) is -0.426. The topological polar surface area (TPSA) is 95.9 Å². The van der Waals surface area contributed by atoms with E-state index >= 15 is 0 Å². The molecule has 1 aliphatic carbocycles. The van der Waals surface area contributed by atoms with E-state index in [0.29, 0.717) is 19.4 Å². The van der Waals surface area contributed by atoms with Gasteiger partial charge in [0.2, 0.25) is 11.8 Å². The lowest BCUT2D eigenvalue weighted by atomic mass is 9.68. The zero-order valence-electron chi connectivity index (χ0n) is 19.7. The van der Waals surface area contributed by atoms with Gasteiger partial charge in [0.25, 0.3) is 0 Å². The van der Waals surface area contributed by atoms with E-state index < -0.39 is 23.4 Å². The lowest BCUT2D eigenvalue weighted by Crippen LogP contribution is -2.52. The number of hydrogen-bond donors (Lipinski definition) is 2. The quantitative estimate of drug-likeness (QED) is 0.312. The third kappa shape index (κ3) is 6.09. The van der Waals surface area contributed by atoms with Crippen molar-refractivity contribution in [3.63, 3.8) is 0 Å². The van der Waals surface area contributed by atoms with Crippen LogP contribution in [0.5, 0.6) is 0 Å². The molecule has 0 spiro atoms. The molecule has 0 unspecified atom stereocenters. The number of likely N-dealkylation sites (tertiary alicyclic amines) is 1. The first-order valence-electron chi connectivity index (χ1n) is 11.7. The van der Waals surface area contributed by atoms with Gasteiger partial charge in [-0.05, 0) is 59.3 Å². The number of aliphatic hydroxyl groups is 1. The Kier molecular flexibility index (Phi) is 9.10. The highest BCUT2D eigenvalue weighted by Crippen LogP contribution is 2.45. The molecule has 2 amide bonds. The maximum Gasteiger partial charge on any atom is 0.310 e. The van der Waals surface area contributed by atoms with Crippen LogP contribution in [-0.2, 0) is 19.1 Å². The second-order valence-electron chi connectivity index (χ2n) is 9.72. The minimum atomic E-state index is -0.637. The van der Waals surface area contributed by atoms with Crippen molar-refractivity contribution < 1.29 is 24.2 Å². The molecule has 2 aliphatic rings. The summed E-state index contributed by atoms with van der Waals surface area (Å²) in [7, 11) is 0. The SMILES string of the molecule is CCC[C@@H]1C=C[C@H]2[C@@H](C(=O)N(CCCCCO)[C@@H]2C(=O)NC(C)(C)C)[C@@H]1C(=O)OCC. The number of esters is 1. The summed E-state index contributed by atoms with van der Waals surface area (Å²) >= 11 is 0. The van der Waals surface area contributed by atoms with Gasteiger partial charge < -0.3 is 20.1 Å². The standard InChI is InChI=1S/C24H40N2O5/c1-6-11-16-12-13-17-19(18(16)23(30)31-7-2)22(29)26(14-9-8-10-15-27)20(17)21(28)25-24(3,4)5/h12-13,16-20,27H,6-11,14-15H2,1-5H3,(H,25,28)/t16-,17+,18-,19-,20+/m1/s1. The van der Waals surface area contributed by atoms with Crippen molar-refractivity contribution in [3.05, 3.63) is 12.2 Å². The number of carbonyl (C=O) groups is 3. The van der Waals surface area contributed by atoms with Crippen molar-refractivity contribution in [1.29, 1.82) is 0 Å². The summed E-state index contributed by atoms with van der Waals surface area (Å²) in [6.07, 6.45) is 7.85. The molecule has 0 radical (unpaired) electrons. The number of amides is 2. The Bertz CT molecular complexity index is 669. The molecule has 1 fully saturated rings. The molecule has 2 rings (SSSR count). The number of ether oxygens (including phenoxy) is 1. The molecule has 5 atom stereocenters. The van der Waals surface area contributed by atoms with E-state index in [0.717, 1.165) is 19.3 Å². The lowest BCUT2D eigenvalue weighted by molar-refractivity contribution is -0.155. The zero-order valence-corrected chi connectivity index (χ0v) is 19.7. The van der Waals surface area contributed by atoms with Gasteiger partial charge in [-0.3, -0.25) is 14.4 Å². The molecule has 1 heterocycles. The fraction of sp³-hybridized carbons (Fsp3) is 0.792. The molecule has 0 aromatic rings. The Hall–Kier alpha value is -1.89. The summed E-state index contributed by atoms with van der Waals surface area (Å²) in [6.45, 7) is 10.4. The second-order valence-corrected chi connectivity index (χ2v) is 9.72. The predicted octanol–water partition coefficient (Wildman–Crippen LogP) is 2.67. The molecular formula is C24H40N2O5. The number of nitrogens with zero attached hydrogens (tertiary/aromatic N) is 1. The van der Waals surface area contributed by atoms with E-state index in [4.69, 9.17) is 9.84 Å². The molecule has 1 saturated heterocycles. The zero-order chi connectivity index (χ0) is 23.2. The highest BCUT2D eigenvalue weighted by Gasteiger charge is 2.57. The Balaban J connectivity index is 2.39. The number of carbonyl (C=O) groups excluding carboxylic acids is 3. The number of aliphatic hydroxyl groups excluding tert-OH is 1. The van der Waals surface area contributed by atoms with Crippen molar-refractivity contribution in [2.45, 2.75) is 78.3 Å². The molecule has 176 valence electrons. The molecule has 7 heteroatoms. The Morgan fingerprint density at radius 3 is 2.45 bits per heavy atom. The predicted molar refractivity (Wildman–Crippen MR) is 119 cm³/mol. The molecule has 31 heavy (non-hydrogen) atoms. The van der Waals surface area contributed by atoms with Gasteiger partial charge in [0.15, 0.2) is 0 Å². The minimum Gasteiger partial charge on any atom is -0.466 e. The van der Waals surface area contributed by atoms with Gasteiger partial charge >= 0.3 is 5.97 Å². The number of fused-ring (bicyclic) bond motifs is 1. The first kappa shape index (κ1) is 25.4. The second kappa shape index (κ2) is 11.1. The first-order valence-corrected chi connectivity index (χ1v) is 11.7. The average molecular weight is 437 g/mol. The number of allylic oxidation sites excluding steroid dienone is 1. The van der Waals surface area contributed by atoms with Crippen LogP contribution < -0.4 is 5.32 Å². The van der Waals surface area contributed by atoms with E-state index in [9.17, 15) is 14.4 Å². The van der Waals surface area contributed by atoms with Gasteiger partial charge in [-0.1, -0.05) is 25.5 Å². The van der Waals surface area contributed by atoms with Gasteiger partial charge in [0, 0.05) is 24.6 Å². The number of rotatable bonds is 10. The van der Waals surface area contributed by atoms with E-state index in [1.165, 1.54) is 0 Å². The van der Waals surface area contributed by atoms with Crippen LogP contribution in [0.25, 0.3) is 0 Å². The third-order valence-electron chi connectivity index (χ3n) is 6.12. The monoisotopic (exact) mass is 436 g/mol. The molecule has 0 aromatic heterocycles. The molecule has 0 saturated carbocycles. The summed E-state index contributed by atoms with van der Waals surface area (Å²) in [5.74, 6) is -2.21. The van der Waals surface area contributed by atoms with Crippen LogP contribution in [0.2, 0.25) is 0 Å². The van der Waals surface area contributed by atoms with Crippen molar-refractivity contribution in [3.8, 4) is 0 Å². The number of unbranched alkanes of at least 4 members (excludes halogenated alkanes) is 2. The van der Waals surface area contributed by atoms with Gasteiger partial charge in [0.05, 0.1) is 18.4 Å². The normalized spacial score (nSPS) is 27.9. The Morgan fingerprint density at radius 1 is 1.16 bits per heavy atom. The summed E-state index contributed by atoms with van der Waals surface area (Å²) in [5, 5.41) is 12.1. The first-order chi connectivity index (χ1) is 14.7. The number of nitrogens with one attached hydrogen (secondary N) is 1. The van der Waals surface area contributed by atoms with Crippen LogP contribution >= 0.6 is 0 Å². The maximum atomic E-state index is 13.6. The van der Waals surface area contributed by atoms with E-state index in [1.807, 2.05) is 32.9 Å². The Morgan fingerprint density at radius 2 is 1.87 bits per heavy atom. The van der Waals surface area contributed by atoms with E-state index in [-0.39, 0.29) is 42.8 Å². The molecule has 1 aliphatic heterocycles. The van der Waals surface area contributed by atoms with Gasteiger partial charge in [-0.25, -0.2) is 0 Å². The Labute approximate surface area is 186 Å². The van der Waals surface area contributed by atoms with Crippen molar-refractivity contribution >= 4 is 17.8 Å². The molecule has 2 N–H and O–H groups in total. The van der Waals surface area contributed by atoms with Crippen LogP contribution in [-0.4, -0.2) is 59.1 Å². The van der Waals surface area contributed by atoms with Gasteiger partial charge in [-0.2, -0.15) is 0 Å². The van der Waals surface area contributed by atoms with Crippen LogP contribution in [0, 0.1) is 23.7 Å². The smallest absolute Gasteiger partial charge is 0.310 e. The third-order valence-corrected chi connectivity index (χ3v) is 6.12. The fourth-order valence-electron chi connectivity index (χ4n) is 4.92. The van der Waals surface area contributed by atoms with E-state index in [1.54, 1.807) is 11.8 Å². The molecular weight excluding hydrogens is 396 g/mol. The summed E-state index contributed by atoms with van der Waals surface area (Å²) < 4.78 is 5.37. The van der Waals surface area contributed by atoms with Crippen molar-refractivity contribution in [1.82, 2.24) is 10.2 Å².